The fraction of sp³-hybridized carbons (Fsp3) is 0.0833. The summed E-state index contributed by atoms with van der Waals surface area (Å²) in [6, 6.07) is 7.72. The summed E-state index contributed by atoms with van der Waals surface area (Å²) in [4.78, 5) is 0. The minimum atomic E-state index is -5.40. The minimum absolute atomic E-state index is 0.0542. The van der Waals surface area contributed by atoms with Gasteiger partial charge in [-0.2, -0.15) is 13.2 Å². The topological polar surface area (TPSA) is 0 Å². The van der Waals surface area contributed by atoms with Crippen molar-refractivity contribution in [3.8, 4) is 11.1 Å². The zero-order valence-corrected chi connectivity index (χ0v) is 17.0. The van der Waals surface area contributed by atoms with Gasteiger partial charge in [0.05, 0.1) is 0 Å². The van der Waals surface area contributed by atoms with Gasteiger partial charge in [0, 0.05) is 16.7 Å². The van der Waals surface area contributed by atoms with Gasteiger partial charge < -0.3 is 0 Å². The molecular weight excluding hydrogens is 478 g/mol. The Morgan fingerprint density at radius 1 is 0.588 bits per heavy atom. The highest BCUT2D eigenvalue weighted by Crippen LogP contribution is 2.37. The zero-order chi connectivity index (χ0) is 25.4. The third-order valence-corrected chi connectivity index (χ3v) is 4.75. The maximum absolute atomic E-state index is 14.5. The Hall–Kier alpha value is -3.56. The van der Waals surface area contributed by atoms with Crippen LogP contribution in [0.1, 0.15) is 29.2 Å². The van der Waals surface area contributed by atoms with Crippen LogP contribution in [0.4, 0.5) is 43.9 Å². The van der Waals surface area contributed by atoms with Crippen molar-refractivity contribution < 1.29 is 43.9 Å². The van der Waals surface area contributed by atoms with Crippen LogP contribution < -0.4 is 0 Å². The second kappa shape index (κ2) is 9.36. The molecule has 0 unspecified atom stereocenters. The third kappa shape index (κ3) is 5.00. The lowest BCUT2D eigenvalue weighted by molar-refractivity contribution is -0.142. The van der Waals surface area contributed by atoms with Gasteiger partial charge in [-0.15, -0.1) is 0 Å². The van der Waals surface area contributed by atoms with Crippen molar-refractivity contribution in [3.63, 3.8) is 0 Å². The second-order valence-corrected chi connectivity index (χ2v) is 7.06. The Morgan fingerprint density at radius 2 is 1.12 bits per heavy atom. The summed E-state index contributed by atoms with van der Waals surface area (Å²) in [6.45, 7) is 0.923. The molecule has 178 valence electrons. The van der Waals surface area contributed by atoms with Gasteiger partial charge in [-0.3, -0.25) is 0 Å². The normalized spacial score (nSPS) is 13.5. The Kier molecular flexibility index (Phi) is 6.90. The van der Waals surface area contributed by atoms with Gasteiger partial charge in [0.2, 0.25) is 0 Å². The minimum Gasteiger partial charge on any atom is -0.209 e. The Morgan fingerprint density at radius 3 is 1.59 bits per heavy atom. The number of allylic oxidation sites excluding steroid dienone is 1. The first-order valence-electron chi connectivity index (χ1n) is 9.35. The molecule has 3 aromatic rings. The highest BCUT2D eigenvalue weighted by molar-refractivity contribution is 5.84. The smallest absolute Gasteiger partial charge is 0.209 e. The summed E-state index contributed by atoms with van der Waals surface area (Å²) >= 11 is 0. The first kappa shape index (κ1) is 25.1. The van der Waals surface area contributed by atoms with Crippen molar-refractivity contribution in [1.29, 1.82) is 0 Å². The molecule has 0 saturated carbocycles. The molecule has 0 radical (unpaired) electrons. The molecule has 0 atom stereocenters. The number of hydrogen-bond donors (Lipinski definition) is 0. The van der Waals surface area contributed by atoms with Gasteiger partial charge in [-0.1, -0.05) is 30.3 Å². The van der Waals surface area contributed by atoms with E-state index in [1.807, 2.05) is 0 Å². The predicted molar refractivity (Wildman–Crippen MR) is 107 cm³/mol. The number of alkyl halides is 3. The lowest BCUT2D eigenvalue weighted by Gasteiger charge is -2.11. The largest absolute Gasteiger partial charge is 0.422 e. The highest BCUT2D eigenvalue weighted by Gasteiger charge is 2.38. The van der Waals surface area contributed by atoms with E-state index in [9.17, 15) is 43.9 Å². The quantitative estimate of drug-likeness (QED) is 0.253. The highest BCUT2D eigenvalue weighted by atomic mass is 19.4. The number of benzene rings is 3. The molecule has 0 saturated heterocycles. The molecule has 0 amide bonds. The van der Waals surface area contributed by atoms with Crippen LogP contribution in [0.5, 0.6) is 0 Å². The Labute approximate surface area is 186 Å². The monoisotopic (exact) mass is 490 g/mol. The van der Waals surface area contributed by atoms with E-state index in [1.54, 1.807) is 0 Å². The van der Waals surface area contributed by atoms with Crippen LogP contribution in [0.3, 0.4) is 0 Å². The molecule has 3 aromatic carbocycles. The van der Waals surface area contributed by atoms with Gasteiger partial charge in [-0.25, -0.2) is 30.7 Å². The van der Waals surface area contributed by atoms with E-state index in [-0.39, 0.29) is 23.3 Å². The van der Waals surface area contributed by atoms with Crippen LogP contribution in [0, 0.1) is 17.5 Å². The Balaban J connectivity index is 1.98. The van der Waals surface area contributed by atoms with E-state index in [0.29, 0.717) is 5.56 Å². The first-order chi connectivity index (χ1) is 15.8. The van der Waals surface area contributed by atoms with E-state index < -0.39 is 63.6 Å². The summed E-state index contributed by atoms with van der Waals surface area (Å²) in [6.07, 6.45) is -5.40. The molecule has 0 spiro atoms. The van der Waals surface area contributed by atoms with Gasteiger partial charge >= 0.3 is 6.18 Å². The molecule has 0 aliphatic heterocycles. The Bertz CT molecular complexity index is 1270. The average molecular weight is 490 g/mol. The predicted octanol–water partition coefficient (Wildman–Crippen LogP) is 9.18. The van der Waals surface area contributed by atoms with Gasteiger partial charge in [0.25, 0.3) is 0 Å². The third-order valence-electron chi connectivity index (χ3n) is 4.75. The molecular formula is C24H12F10. The first-order valence-corrected chi connectivity index (χ1v) is 9.35. The van der Waals surface area contributed by atoms with Crippen molar-refractivity contribution in [3.05, 3.63) is 100 Å². The van der Waals surface area contributed by atoms with Gasteiger partial charge in [-0.05, 0) is 42.3 Å². The summed E-state index contributed by atoms with van der Waals surface area (Å²) in [5, 5.41) is 0. The van der Waals surface area contributed by atoms with Crippen LogP contribution >= 0.6 is 0 Å². The van der Waals surface area contributed by atoms with E-state index >= 15 is 0 Å². The SMILES string of the molecule is C/C(F)=C(\F)c1ccc(-c2ccc(/C(F)=C(\F)c3cc(F)c(C(F)(F)F)c(F)c3)c(F)c2)cc1. The summed E-state index contributed by atoms with van der Waals surface area (Å²) in [5.74, 6) is -11.6. The van der Waals surface area contributed by atoms with Crippen molar-refractivity contribution in [2.24, 2.45) is 0 Å². The van der Waals surface area contributed by atoms with Crippen molar-refractivity contribution in [1.82, 2.24) is 0 Å². The van der Waals surface area contributed by atoms with Gasteiger partial charge in [0.1, 0.15) is 28.8 Å². The van der Waals surface area contributed by atoms with Crippen LogP contribution in [0.25, 0.3) is 28.6 Å². The molecule has 0 nitrogen and oxygen atoms in total. The van der Waals surface area contributed by atoms with Crippen LogP contribution in [-0.4, -0.2) is 0 Å². The van der Waals surface area contributed by atoms with E-state index in [0.717, 1.165) is 25.1 Å². The van der Waals surface area contributed by atoms with Crippen LogP contribution in [0.15, 0.2) is 60.4 Å². The summed E-state index contributed by atoms with van der Waals surface area (Å²) < 4.78 is 135. The number of hydrogen-bond acceptors (Lipinski definition) is 0. The molecule has 0 aliphatic carbocycles. The molecule has 34 heavy (non-hydrogen) atoms. The molecule has 0 N–H and O–H groups in total. The second-order valence-electron chi connectivity index (χ2n) is 7.06. The number of rotatable bonds is 4. The van der Waals surface area contributed by atoms with Crippen molar-refractivity contribution >= 4 is 17.5 Å². The fourth-order valence-corrected chi connectivity index (χ4v) is 3.10. The molecule has 0 aliphatic rings. The van der Waals surface area contributed by atoms with Crippen molar-refractivity contribution in [2.75, 3.05) is 0 Å². The maximum Gasteiger partial charge on any atom is 0.422 e. The molecule has 3 rings (SSSR count). The maximum atomic E-state index is 14.5. The summed E-state index contributed by atoms with van der Waals surface area (Å²) in [5.41, 5.74) is -4.04. The van der Waals surface area contributed by atoms with Gasteiger partial charge in [0.15, 0.2) is 17.5 Å². The molecule has 0 fully saturated rings. The molecule has 0 aromatic heterocycles. The van der Waals surface area contributed by atoms with E-state index in [1.165, 1.54) is 24.3 Å². The standard InChI is InChI=1S/C24H12F10/c1-11(25)21(29)13-4-2-12(3-5-13)14-6-7-16(17(26)8-14)23(31)22(30)15-9-18(27)20(19(28)10-15)24(32,33)34/h2-10H,1H3/b21-11+,23-22+. The average Bonchev–Trinajstić information content (AvgIpc) is 2.76. The number of halogens is 10. The zero-order valence-electron chi connectivity index (χ0n) is 17.0. The van der Waals surface area contributed by atoms with Crippen molar-refractivity contribution in [2.45, 2.75) is 13.1 Å². The van der Waals surface area contributed by atoms with Crippen LogP contribution in [0.2, 0.25) is 0 Å². The van der Waals surface area contributed by atoms with E-state index in [2.05, 4.69) is 0 Å². The van der Waals surface area contributed by atoms with E-state index in [4.69, 9.17) is 0 Å². The molecule has 10 heteroatoms. The van der Waals surface area contributed by atoms with Crippen LogP contribution in [-0.2, 0) is 6.18 Å². The molecule has 0 bridgehead atoms. The lowest BCUT2D eigenvalue weighted by atomic mass is 10.0. The lowest BCUT2D eigenvalue weighted by Crippen LogP contribution is -2.11. The molecule has 0 heterocycles. The fourth-order valence-electron chi connectivity index (χ4n) is 3.10. The summed E-state index contributed by atoms with van der Waals surface area (Å²) in [7, 11) is 0.